The third-order valence-corrected chi connectivity index (χ3v) is 2.20. The molecule has 0 N–H and O–H groups in total. The van der Waals surface area contributed by atoms with Gasteiger partial charge in [0.1, 0.15) is 0 Å². The molecule has 1 aromatic carbocycles. The van der Waals surface area contributed by atoms with E-state index in [9.17, 15) is 13.2 Å². The topological polar surface area (TPSA) is 38.9 Å². The first kappa shape index (κ1) is 11.1. The number of hydrogen-bond acceptors (Lipinski definition) is 3. The van der Waals surface area contributed by atoms with E-state index in [0.717, 1.165) is 6.07 Å². The molecule has 0 aliphatic heterocycles. The molecule has 0 bridgehead atoms. The molecule has 0 aliphatic carbocycles. The molecule has 0 unspecified atom stereocenters. The van der Waals surface area contributed by atoms with Crippen molar-refractivity contribution < 1.29 is 17.7 Å². The minimum atomic E-state index is -4.44. The maximum atomic E-state index is 12.6. The Bertz CT molecular complexity index is 509. The van der Waals surface area contributed by atoms with Crippen molar-refractivity contribution in [3.05, 3.63) is 34.6 Å². The summed E-state index contributed by atoms with van der Waals surface area (Å²) in [5.74, 6) is -0.0974. The van der Waals surface area contributed by atoms with Crippen molar-refractivity contribution in [2.24, 2.45) is 0 Å². The van der Waals surface area contributed by atoms with Gasteiger partial charge in [-0.25, -0.2) is 0 Å². The van der Waals surface area contributed by atoms with Crippen molar-refractivity contribution in [3.8, 4) is 11.4 Å². The van der Waals surface area contributed by atoms with E-state index in [2.05, 4.69) is 30.6 Å². The second kappa shape index (κ2) is 3.89. The van der Waals surface area contributed by atoms with Gasteiger partial charge in [0, 0.05) is 21.5 Å². The Labute approximate surface area is 96.4 Å². The summed E-state index contributed by atoms with van der Waals surface area (Å²) in [5, 5.41) is 3.43. The van der Waals surface area contributed by atoms with Crippen molar-refractivity contribution in [1.82, 2.24) is 10.1 Å². The zero-order chi connectivity index (χ0) is 11.8. The highest BCUT2D eigenvalue weighted by molar-refractivity contribution is 9.10. The molecule has 0 saturated heterocycles. The number of alkyl halides is 3. The summed E-state index contributed by atoms with van der Waals surface area (Å²) in [6.45, 7) is 0. The summed E-state index contributed by atoms with van der Waals surface area (Å²) >= 11 is 2.88. The van der Waals surface area contributed by atoms with Crippen molar-refractivity contribution in [2.45, 2.75) is 6.18 Å². The minimum Gasteiger partial charge on any atom is -0.326 e. The molecule has 0 aliphatic rings. The Balaban J connectivity index is 2.57. The van der Waals surface area contributed by atoms with E-state index >= 15 is 0 Å². The van der Waals surface area contributed by atoms with Crippen LogP contribution in [0.2, 0.25) is 0 Å². The average Bonchev–Trinajstić information content (AvgIpc) is 2.64. The van der Waals surface area contributed by atoms with Gasteiger partial charge in [0.2, 0.25) is 5.82 Å². The van der Waals surface area contributed by atoms with Gasteiger partial charge >= 0.3 is 6.18 Å². The standard InChI is InChI=1S/C9H4BrF3N2O/c10-8-14-7(15-16-8)5-3-1-2-4-6(5)9(11,12)13/h1-4H. The largest absolute Gasteiger partial charge is 0.417 e. The molecule has 0 atom stereocenters. The third kappa shape index (κ3) is 2.08. The number of nitrogens with zero attached hydrogens (tertiary/aromatic N) is 2. The van der Waals surface area contributed by atoms with Gasteiger partial charge in [0.25, 0.3) is 4.80 Å². The molecule has 1 heterocycles. The van der Waals surface area contributed by atoms with Crippen LogP contribution in [0.5, 0.6) is 0 Å². The Hall–Kier alpha value is -1.37. The normalized spacial score (nSPS) is 11.8. The lowest BCUT2D eigenvalue weighted by atomic mass is 10.1. The SMILES string of the molecule is FC(F)(F)c1ccccc1-c1noc(Br)n1. The summed E-state index contributed by atoms with van der Waals surface area (Å²) in [6.07, 6.45) is -4.44. The molecule has 2 aromatic rings. The first-order valence-corrected chi connectivity index (χ1v) is 4.93. The van der Waals surface area contributed by atoms with Crippen LogP contribution in [-0.2, 0) is 6.18 Å². The molecule has 0 fully saturated rings. The Morgan fingerprint density at radius 1 is 1.19 bits per heavy atom. The highest BCUT2D eigenvalue weighted by atomic mass is 79.9. The molecule has 84 valence electrons. The number of aromatic nitrogens is 2. The molecule has 2 rings (SSSR count). The fraction of sp³-hybridized carbons (Fsp3) is 0.111. The second-order valence-corrected chi connectivity index (χ2v) is 3.59. The van der Waals surface area contributed by atoms with Gasteiger partial charge in [-0.15, -0.1) is 0 Å². The molecule has 0 radical (unpaired) electrons. The zero-order valence-corrected chi connectivity index (χ0v) is 9.21. The smallest absolute Gasteiger partial charge is 0.326 e. The summed E-state index contributed by atoms with van der Waals surface area (Å²) in [7, 11) is 0. The lowest BCUT2D eigenvalue weighted by Gasteiger charge is -2.09. The van der Waals surface area contributed by atoms with Crippen molar-refractivity contribution >= 4 is 15.9 Å². The van der Waals surface area contributed by atoms with Crippen LogP contribution in [0.4, 0.5) is 13.2 Å². The summed E-state index contributed by atoms with van der Waals surface area (Å²) in [6, 6.07) is 5.05. The van der Waals surface area contributed by atoms with Gasteiger partial charge in [-0.05, 0) is 6.07 Å². The van der Waals surface area contributed by atoms with Crippen LogP contribution in [0.1, 0.15) is 5.56 Å². The van der Waals surface area contributed by atoms with E-state index in [4.69, 9.17) is 0 Å². The number of hydrogen-bond donors (Lipinski definition) is 0. The van der Waals surface area contributed by atoms with E-state index in [1.807, 2.05) is 0 Å². The lowest BCUT2D eigenvalue weighted by Crippen LogP contribution is -2.07. The first-order valence-electron chi connectivity index (χ1n) is 4.14. The fourth-order valence-corrected chi connectivity index (χ4v) is 1.48. The highest BCUT2D eigenvalue weighted by Crippen LogP contribution is 2.35. The van der Waals surface area contributed by atoms with Crippen LogP contribution in [0, 0.1) is 0 Å². The predicted molar refractivity (Wildman–Crippen MR) is 52.4 cm³/mol. The second-order valence-electron chi connectivity index (χ2n) is 2.91. The molecular formula is C9H4BrF3N2O. The molecule has 3 nitrogen and oxygen atoms in total. The van der Waals surface area contributed by atoms with Crippen LogP contribution in [0.15, 0.2) is 33.6 Å². The minimum absolute atomic E-state index is 0.0412. The Kier molecular flexibility index (Phi) is 2.71. The molecule has 1 aromatic heterocycles. The van der Waals surface area contributed by atoms with Crippen LogP contribution >= 0.6 is 15.9 Å². The van der Waals surface area contributed by atoms with Crippen LogP contribution in [-0.4, -0.2) is 10.1 Å². The maximum absolute atomic E-state index is 12.6. The van der Waals surface area contributed by atoms with Crippen LogP contribution < -0.4 is 0 Å². The van der Waals surface area contributed by atoms with E-state index < -0.39 is 11.7 Å². The predicted octanol–water partition coefficient (Wildman–Crippen LogP) is 3.52. The van der Waals surface area contributed by atoms with Gasteiger partial charge in [0.05, 0.1) is 5.56 Å². The van der Waals surface area contributed by atoms with Gasteiger partial charge in [-0.1, -0.05) is 23.4 Å². The maximum Gasteiger partial charge on any atom is 0.417 e. The zero-order valence-electron chi connectivity index (χ0n) is 7.62. The quantitative estimate of drug-likeness (QED) is 0.807. The fourth-order valence-electron chi connectivity index (χ4n) is 1.24. The van der Waals surface area contributed by atoms with E-state index in [1.54, 1.807) is 0 Å². The molecular weight excluding hydrogens is 289 g/mol. The van der Waals surface area contributed by atoms with Gasteiger partial charge in [0.15, 0.2) is 0 Å². The van der Waals surface area contributed by atoms with E-state index in [0.29, 0.717) is 0 Å². The van der Waals surface area contributed by atoms with Gasteiger partial charge in [-0.2, -0.15) is 18.2 Å². The summed E-state index contributed by atoms with van der Waals surface area (Å²) in [4.78, 5) is 3.74. The van der Waals surface area contributed by atoms with Crippen LogP contribution in [0.3, 0.4) is 0 Å². The third-order valence-electron chi connectivity index (χ3n) is 1.87. The van der Waals surface area contributed by atoms with Crippen molar-refractivity contribution in [1.29, 1.82) is 0 Å². The molecule has 16 heavy (non-hydrogen) atoms. The Morgan fingerprint density at radius 2 is 1.88 bits per heavy atom. The first-order chi connectivity index (χ1) is 7.48. The van der Waals surface area contributed by atoms with Crippen LogP contribution in [0.25, 0.3) is 11.4 Å². The van der Waals surface area contributed by atoms with E-state index in [-0.39, 0.29) is 16.2 Å². The molecule has 0 spiro atoms. The molecule has 0 saturated carbocycles. The van der Waals surface area contributed by atoms with Gasteiger partial charge in [-0.3, -0.25) is 0 Å². The molecule has 7 heteroatoms. The summed E-state index contributed by atoms with van der Waals surface area (Å²) < 4.78 is 42.5. The monoisotopic (exact) mass is 292 g/mol. The van der Waals surface area contributed by atoms with Gasteiger partial charge < -0.3 is 4.52 Å². The molecule has 0 amide bonds. The highest BCUT2D eigenvalue weighted by Gasteiger charge is 2.34. The van der Waals surface area contributed by atoms with E-state index in [1.165, 1.54) is 18.2 Å². The number of benzene rings is 1. The number of halogens is 4. The number of rotatable bonds is 1. The van der Waals surface area contributed by atoms with Crippen molar-refractivity contribution in [3.63, 3.8) is 0 Å². The average molecular weight is 293 g/mol. The lowest BCUT2D eigenvalue weighted by molar-refractivity contribution is -0.137. The summed E-state index contributed by atoms with van der Waals surface area (Å²) in [5.41, 5.74) is -0.896. The Morgan fingerprint density at radius 3 is 2.44 bits per heavy atom. The van der Waals surface area contributed by atoms with Crippen molar-refractivity contribution in [2.75, 3.05) is 0 Å².